The van der Waals surface area contributed by atoms with Crippen LogP contribution in [0, 0.1) is 0 Å². The highest BCUT2D eigenvalue weighted by atomic mass is 32.2. The van der Waals surface area contributed by atoms with E-state index in [1.807, 2.05) is 30.5 Å². The van der Waals surface area contributed by atoms with Gasteiger partial charge in [-0.15, -0.1) is 16.9 Å². The second kappa shape index (κ2) is 5.05. The van der Waals surface area contributed by atoms with Gasteiger partial charge in [0.25, 0.3) is 5.91 Å². The summed E-state index contributed by atoms with van der Waals surface area (Å²) in [5.74, 6) is 1.22. The number of aromatic nitrogens is 3. The molecule has 1 aliphatic rings. The van der Waals surface area contributed by atoms with Crippen LogP contribution in [0.5, 0.6) is 0 Å². The molecule has 19 heavy (non-hydrogen) atoms. The second-order valence-electron chi connectivity index (χ2n) is 4.50. The van der Waals surface area contributed by atoms with E-state index >= 15 is 0 Å². The minimum Gasteiger partial charge on any atom is -0.319 e. The first kappa shape index (κ1) is 12.2. The molecule has 6 heteroatoms. The van der Waals surface area contributed by atoms with E-state index in [0.717, 1.165) is 29.2 Å². The van der Waals surface area contributed by atoms with Gasteiger partial charge < -0.3 is 5.32 Å². The average Bonchev–Trinajstić information content (AvgIpc) is 3.16. The number of anilines is 1. The number of benzene rings is 1. The molecule has 98 valence electrons. The van der Waals surface area contributed by atoms with Gasteiger partial charge >= 0.3 is 0 Å². The van der Waals surface area contributed by atoms with Crippen LogP contribution in [0.25, 0.3) is 0 Å². The minimum atomic E-state index is -0.276. The van der Waals surface area contributed by atoms with Crippen molar-refractivity contribution in [3.8, 4) is 0 Å². The molecule has 0 bridgehead atoms. The number of carbonyl (C=O) groups is 1. The lowest BCUT2D eigenvalue weighted by Crippen LogP contribution is -2.13. The first-order chi connectivity index (χ1) is 9.26. The van der Waals surface area contributed by atoms with Crippen LogP contribution in [0.2, 0.25) is 0 Å². The maximum Gasteiger partial charge on any atom is 0.295 e. The van der Waals surface area contributed by atoms with Gasteiger partial charge in [-0.25, -0.2) is 4.98 Å². The van der Waals surface area contributed by atoms with E-state index in [0.29, 0.717) is 5.92 Å². The number of nitrogens with zero attached hydrogens (tertiary/aromatic N) is 2. The van der Waals surface area contributed by atoms with E-state index in [2.05, 4.69) is 20.5 Å². The van der Waals surface area contributed by atoms with Crippen molar-refractivity contribution in [3.05, 3.63) is 35.9 Å². The van der Waals surface area contributed by atoms with E-state index in [-0.39, 0.29) is 11.7 Å². The highest BCUT2D eigenvalue weighted by Crippen LogP contribution is 2.37. The quantitative estimate of drug-likeness (QED) is 0.841. The molecule has 1 fully saturated rings. The molecule has 3 rings (SSSR count). The molecule has 2 aromatic rings. The summed E-state index contributed by atoms with van der Waals surface area (Å²) < 4.78 is 0. The molecule has 1 aromatic carbocycles. The van der Waals surface area contributed by atoms with Crippen LogP contribution in [0.1, 0.15) is 35.2 Å². The van der Waals surface area contributed by atoms with Crippen molar-refractivity contribution in [2.24, 2.45) is 0 Å². The normalized spacial score (nSPS) is 14.4. The molecule has 0 radical (unpaired) electrons. The molecular weight excluding hydrogens is 260 g/mol. The third-order valence-electron chi connectivity index (χ3n) is 3.00. The molecule has 2 N–H and O–H groups in total. The predicted octanol–water partition coefficient (Wildman–Crippen LogP) is 2.66. The third-order valence-corrected chi connectivity index (χ3v) is 3.72. The zero-order chi connectivity index (χ0) is 13.2. The summed E-state index contributed by atoms with van der Waals surface area (Å²) in [6.45, 7) is 0. The van der Waals surface area contributed by atoms with E-state index in [1.54, 1.807) is 11.8 Å². The largest absolute Gasteiger partial charge is 0.319 e. The summed E-state index contributed by atoms with van der Waals surface area (Å²) in [6, 6.07) is 7.69. The smallest absolute Gasteiger partial charge is 0.295 e. The van der Waals surface area contributed by atoms with Crippen molar-refractivity contribution in [2.45, 2.75) is 23.7 Å². The van der Waals surface area contributed by atoms with Crippen molar-refractivity contribution in [1.29, 1.82) is 0 Å². The van der Waals surface area contributed by atoms with Gasteiger partial charge in [0.2, 0.25) is 5.82 Å². The molecule has 0 saturated heterocycles. The van der Waals surface area contributed by atoms with Crippen LogP contribution in [0.3, 0.4) is 0 Å². The van der Waals surface area contributed by atoms with Gasteiger partial charge in [0.1, 0.15) is 5.82 Å². The number of carbonyl (C=O) groups excluding carboxylic acids is 1. The van der Waals surface area contributed by atoms with E-state index < -0.39 is 0 Å². The maximum absolute atomic E-state index is 12.0. The topological polar surface area (TPSA) is 70.7 Å². The predicted molar refractivity (Wildman–Crippen MR) is 74.5 cm³/mol. The van der Waals surface area contributed by atoms with Crippen LogP contribution >= 0.6 is 11.8 Å². The van der Waals surface area contributed by atoms with Gasteiger partial charge in [0.15, 0.2) is 0 Å². The Kier molecular flexibility index (Phi) is 3.25. The Balaban J connectivity index is 1.72. The molecular formula is C13H14N4OS. The molecule has 0 unspecified atom stereocenters. The van der Waals surface area contributed by atoms with Gasteiger partial charge in [-0.05, 0) is 37.3 Å². The lowest BCUT2D eigenvalue weighted by molar-refractivity contribution is 0.101. The Bertz CT molecular complexity index is 606. The number of rotatable bonds is 4. The summed E-state index contributed by atoms with van der Waals surface area (Å²) in [5.41, 5.74) is 0.759. The fourth-order valence-corrected chi connectivity index (χ4v) is 2.26. The number of thioether (sulfide) groups is 1. The van der Waals surface area contributed by atoms with Crippen LogP contribution in [-0.2, 0) is 0 Å². The Labute approximate surface area is 115 Å². The number of H-pyrrole nitrogens is 1. The van der Waals surface area contributed by atoms with Crippen molar-refractivity contribution in [1.82, 2.24) is 15.2 Å². The van der Waals surface area contributed by atoms with Crippen LogP contribution in [-0.4, -0.2) is 27.3 Å². The first-order valence-corrected chi connectivity index (χ1v) is 7.36. The van der Waals surface area contributed by atoms with E-state index in [9.17, 15) is 4.79 Å². The maximum atomic E-state index is 12.0. The standard InChI is InChI=1S/C13H14N4OS/c1-19-10-4-2-3-9(7-10)14-13(18)12-15-11(16-17-12)8-5-6-8/h2-4,7-8H,5-6H2,1H3,(H,14,18)(H,15,16,17). The number of nitrogens with one attached hydrogen (secondary N) is 2. The van der Waals surface area contributed by atoms with Gasteiger partial charge in [-0.3, -0.25) is 9.89 Å². The van der Waals surface area contributed by atoms with Crippen LogP contribution in [0.4, 0.5) is 5.69 Å². The molecule has 1 amide bonds. The molecule has 1 aromatic heterocycles. The van der Waals surface area contributed by atoms with Gasteiger partial charge in [-0.1, -0.05) is 6.07 Å². The molecule has 0 atom stereocenters. The highest BCUT2D eigenvalue weighted by molar-refractivity contribution is 7.98. The molecule has 1 saturated carbocycles. The Hall–Kier alpha value is -1.82. The van der Waals surface area contributed by atoms with E-state index in [1.165, 1.54) is 0 Å². The van der Waals surface area contributed by atoms with Gasteiger partial charge in [0.05, 0.1) is 0 Å². The van der Waals surface area contributed by atoms with Crippen molar-refractivity contribution in [3.63, 3.8) is 0 Å². The number of hydrogen-bond donors (Lipinski definition) is 2. The number of amides is 1. The Morgan fingerprint density at radius 2 is 2.32 bits per heavy atom. The Morgan fingerprint density at radius 1 is 1.47 bits per heavy atom. The second-order valence-corrected chi connectivity index (χ2v) is 5.38. The summed E-state index contributed by atoms with van der Waals surface area (Å²) in [6.07, 6.45) is 4.26. The molecule has 1 aliphatic carbocycles. The van der Waals surface area contributed by atoms with Crippen molar-refractivity contribution < 1.29 is 4.79 Å². The fraction of sp³-hybridized carbons (Fsp3) is 0.308. The zero-order valence-corrected chi connectivity index (χ0v) is 11.3. The highest BCUT2D eigenvalue weighted by Gasteiger charge is 2.28. The minimum absolute atomic E-state index is 0.205. The molecule has 1 heterocycles. The lowest BCUT2D eigenvalue weighted by Gasteiger charge is -2.03. The third kappa shape index (κ3) is 2.78. The fourth-order valence-electron chi connectivity index (χ4n) is 1.80. The van der Waals surface area contributed by atoms with Crippen LogP contribution in [0.15, 0.2) is 29.2 Å². The molecule has 5 nitrogen and oxygen atoms in total. The molecule has 0 spiro atoms. The van der Waals surface area contributed by atoms with Gasteiger partial charge in [0, 0.05) is 16.5 Å². The Morgan fingerprint density at radius 3 is 3.05 bits per heavy atom. The summed E-state index contributed by atoms with van der Waals surface area (Å²) >= 11 is 1.63. The first-order valence-electron chi connectivity index (χ1n) is 6.14. The zero-order valence-electron chi connectivity index (χ0n) is 10.5. The van der Waals surface area contributed by atoms with E-state index in [4.69, 9.17) is 0 Å². The van der Waals surface area contributed by atoms with Crippen molar-refractivity contribution in [2.75, 3.05) is 11.6 Å². The summed E-state index contributed by atoms with van der Waals surface area (Å²) in [7, 11) is 0. The summed E-state index contributed by atoms with van der Waals surface area (Å²) in [4.78, 5) is 17.3. The SMILES string of the molecule is CSc1cccc(NC(=O)c2n[nH]c(C3CC3)n2)c1. The van der Waals surface area contributed by atoms with Gasteiger partial charge in [-0.2, -0.15) is 0 Å². The lowest BCUT2D eigenvalue weighted by atomic mass is 10.3. The number of hydrogen-bond acceptors (Lipinski definition) is 4. The summed E-state index contributed by atoms with van der Waals surface area (Å²) in [5, 5.41) is 9.60. The van der Waals surface area contributed by atoms with Crippen LogP contribution < -0.4 is 5.32 Å². The monoisotopic (exact) mass is 274 g/mol. The average molecular weight is 274 g/mol. The molecule has 0 aliphatic heterocycles. The number of aromatic amines is 1. The van der Waals surface area contributed by atoms with Crippen molar-refractivity contribution >= 4 is 23.4 Å².